The van der Waals surface area contributed by atoms with Crippen molar-refractivity contribution in [2.24, 2.45) is 0 Å². The van der Waals surface area contributed by atoms with Crippen LogP contribution >= 0.6 is 0 Å². The second kappa shape index (κ2) is 6.84. The topological polar surface area (TPSA) is 61.9 Å². The maximum Gasteiger partial charge on any atom is 0.302 e. The molecule has 6 nitrogen and oxygen atoms in total. The van der Waals surface area contributed by atoms with Gasteiger partial charge in [0.25, 0.3) is 0 Å². The molecule has 4 rings (SSSR count). The van der Waals surface area contributed by atoms with Crippen LogP contribution in [0.25, 0.3) is 16.9 Å². The molecule has 0 fully saturated rings. The van der Waals surface area contributed by atoms with Gasteiger partial charge in [0, 0.05) is 13.1 Å². The molecule has 130 valence electrons. The highest BCUT2D eigenvalue weighted by Crippen LogP contribution is 2.25. The van der Waals surface area contributed by atoms with E-state index in [-0.39, 0.29) is 18.6 Å². The van der Waals surface area contributed by atoms with Gasteiger partial charge in [-0.05, 0) is 29.8 Å². The van der Waals surface area contributed by atoms with Gasteiger partial charge in [-0.25, -0.2) is 0 Å². The summed E-state index contributed by atoms with van der Waals surface area (Å²) in [6.07, 6.45) is 1.97. The number of rotatable bonds is 5. The third kappa shape index (κ3) is 2.97. The Morgan fingerprint density at radius 1 is 1.04 bits per heavy atom. The van der Waals surface area contributed by atoms with Crippen molar-refractivity contribution in [3.63, 3.8) is 0 Å². The van der Waals surface area contributed by atoms with Crippen molar-refractivity contribution in [1.29, 1.82) is 0 Å². The summed E-state index contributed by atoms with van der Waals surface area (Å²) in [5, 5.41) is 8.54. The number of ether oxygens (including phenoxy) is 1. The van der Waals surface area contributed by atoms with E-state index < -0.39 is 0 Å². The van der Waals surface area contributed by atoms with E-state index >= 15 is 0 Å². The predicted octanol–water partition coefficient (Wildman–Crippen LogP) is 3.37. The average Bonchev–Trinajstić information content (AvgIpc) is 3.29. The normalized spacial score (nSPS) is 12.2. The summed E-state index contributed by atoms with van der Waals surface area (Å²) >= 11 is 0. The summed E-state index contributed by atoms with van der Waals surface area (Å²) in [4.78, 5) is 11.4. The molecule has 26 heavy (non-hydrogen) atoms. The van der Waals surface area contributed by atoms with E-state index in [9.17, 15) is 4.79 Å². The number of carbonyl (C=O) groups excluding carboxylic acids is 1. The van der Waals surface area contributed by atoms with Gasteiger partial charge in [0.05, 0.1) is 11.6 Å². The van der Waals surface area contributed by atoms with Gasteiger partial charge in [-0.2, -0.15) is 4.68 Å². The highest BCUT2D eigenvalue weighted by molar-refractivity contribution is 5.75. The van der Waals surface area contributed by atoms with Crippen LogP contribution in [0, 0.1) is 0 Å². The van der Waals surface area contributed by atoms with Gasteiger partial charge in [0.2, 0.25) is 0 Å². The molecule has 0 saturated carbocycles. The zero-order valence-corrected chi connectivity index (χ0v) is 14.3. The van der Waals surface area contributed by atoms with Crippen molar-refractivity contribution in [2.45, 2.75) is 13.0 Å². The first-order valence-electron chi connectivity index (χ1n) is 8.40. The highest BCUT2D eigenvalue weighted by atomic mass is 16.5. The number of fused-ring (bicyclic) bond motifs is 1. The molecule has 0 N–H and O–H groups in total. The molecule has 4 aromatic rings. The Kier molecular flexibility index (Phi) is 4.23. The van der Waals surface area contributed by atoms with Crippen molar-refractivity contribution >= 4 is 17.0 Å². The lowest BCUT2D eigenvalue weighted by Gasteiger charge is -2.22. The van der Waals surface area contributed by atoms with Gasteiger partial charge in [0.1, 0.15) is 17.9 Å². The summed E-state index contributed by atoms with van der Waals surface area (Å²) in [6, 6.07) is 21.6. The lowest BCUT2D eigenvalue weighted by Crippen LogP contribution is -2.20. The molecule has 1 unspecified atom stereocenters. The standard InChI is InChI=1S/C20H18N4O2/c1-15(25)26-14-19(16-8-3-2-4-9-16)23-13-7-12-20(23)24-18-11-6-5-10-17(18)21-22-24/h2-13,19H,14H2,1H3. The molecule has 0 radical (unpaired) electrons. The molecule has 0 aliphatic heterocycles. The van der Waals surface area contributed by atoms with E-state index in [1.807, 2.05) is 72.9 Å². The van der Waals surface area contributed by atoms with Crippen LogP contribution in [0.5, 0.6) is 0 Å². The highest BCUT2D eigenvalue weighted by Gasteiger charge is 2.19. The quantitative estimate of drug-likeness (QED) is 0.520. The van der Waals surface area contributed by atoms with E-state index in [0.29, 0.717) is 0 Å². The van der Waals surface area contributed by atoms with Crippen LogP contribution in [0.1, 0.15) is 18.5 Å². The molecular weight excluding hydrogens is 328 g/mol. The van der Waals surface area contributed by atoms with Gasteiger partial charge in [-0.3, -0.25) is 4.79 Å². The predicted molar refractivity (Wildman–Crippen MR) is 98.1 cm³/mol. The summed E-state index contributed by atoms with van der Waals surface area (Å²) in [5.41, 5.74) is 2.80. The minimum Gasteiger partial charge on any atom is -0.463 e. The van der Waals surface area contributed by atoms with Crippen molar-refractivity contribution < 1.29 is 9.53 Å². The summed E-state index contributed by atoms with van der Waals surface area (Å²) in [5.74, 6) is 0.561. The molecule has 0 spiro atoms. The Labute approximate surface area is 150 Å². The van der Waals surface area contributed by atoms with Gasteiger partial charge < -0.3 is 9.30 Å². The molecule has 0 amide bonds. The number of hydrogen-bond acceptors (Lipinski definition) is 4. The molecule has 0 saturated heterocycles. The molecule has 1 atom stereocenters. The van der Waals surface area contributed by atoms with Crippen LogP contribution < -0.4 is 0 Å². The number of carbonyl (C=O) groups is 1. The summed E-state index contributed by atoms with van der Waals surface area (Å²) < 4.78 is 9.20. The Balaban J connectivity index is 1.81. The number of esters is 1. The second-order valence-electron chi connectivity index (χ2n) is 5.99. The first-order chi connectivity index (χ1) is 12.7. The number of benzene rings is 2. The van der Waals surface area contributed by atoms with Crippen LogP contribution in [0.3, 0.4) is 0 Å². The van der Waals surface area contributed by atoms with Crippen molar-refractivity contribution in [1.82, 2.24) is 19.6 Å². The fraction of sp³-hybridized carbons (Fsp3) is 0.150. The minimum atomic E-state index is -0.300. The largest absolute Gasteiger partial charge is 0.463 e. The SMILES string of the molecule is CC(=O)OCC(c1ccccc1)n1cccc1-n1nnc2ccccc21. The van der Waals surface area contributed by atoms with E-state index in [1.165, 1.54) is 6.92 Å². The molecule has 0 bridgehead atoms. The number of hydrogen-bond donors (Lipinski definition) is 0. The molecule has 0 aliphatic rings. The molecule has 2 aromatic heterocycles. The summed E-state index contributed by atoms with van der Waals surface area (Å²) in [6.45, 7) is 1.66. The third-order valence-electron chi connectivity index (χ3n) is 4.29. The fourth-order valence-electron chi connectivity index (χ4n) is 3.07. The smallest absolute Gasteiger partial charge is 0.302 e. The van der Waals surface area contributed by atoms with E-state index in [1.54, 1.807) is 4.68 Å². The molecule has 6 heteroatoms. The van der Waals surface area contributed by atoms with Gasteiger partial charge in [-0.1, -0.05) is 47.7 Å². The fourth-order valence-corrected chi connectivity index (χ4v) is 3.07. The van der Waals surface area contributed by atoms with Crippen LogP contribution in [-0.2, 0) is 9.53 Å². The third-order valence-corrected chi connectivity index (χ3v) is 4.29. The van der Waals surface area contributed by atoms with Crippen LogP contribution in [0.4, 0.5) is 0 Å². The number of nitrogens with zero attached hydrogens (tertiary/aromatic N) is 4. The minimum absolute atomic E-state index is 0.159. The van der Waals surface area contributed by atoms with E-state index in [0.717, 1.165) is 22.4 Å². The van der Waals surface area contributed by atoms with Crippen molar-refractivity contribution in [2.75, 3.05) is 6.61 Å². The zero-order valence-electron chi connectivity index (χ0n) is 14.3. The Bertz CT molecular complexity index is 1040. The number of aromatic nitrogens is 4. The van der Waals surface area contributed by atoms with Gasteiger partial charge >= 0.3 is 5.97 Å². The van der Waals surface area contributed by atoms with Crippen LogP contribution in [0.15, 0.2) is 72.9 Å². The molecule has 2 aromatic carbocycles. The monoisotopic (exact) mass is 346 g/mol. The maximum atomic E-state index is 11.4. The summed E-state index contributed by atoms with van der Waals surface area (Å²) in [7, 11) is 0. The molecule has 2 heterocycles. The molecule has 0 aliphatic carbocycles. The Hall–Kier alpha value is -3.41. The Morgan fingerprint density at radius 3 is 2.62 bits per heavy atom. The van der Waals surface area contributed by atoms with Crippen LogP contribution in [-0.4, -0.2) is 32.1 Å². The van der Waals surface area contributed by atoms with Crippen molar-refractivity contribution in [3.05, 3.63) is 78.5 Å². The van der Waals surface area contributed by atoms with Gasteiger partial charge in [0.15, 0.2) is 0 Å². The van der Waals surface area contributed by atoms with E-state index in [4.69, 9.17) is 4.74 Å². The Morgan fingerprint density at radius 2 is 1.81 bits per heavy atom. The molecular formula is C20H18N4O2. The average molecular weight is 346 g/mol. The number of para-hydroxylation sites is 1. The van der Waals surface area contributed by atoms with E-state index in [2.05, 4.69) is 14.9 Å². The van der Waals surface area contributed by atoms with Gasteiger partial charge in [-0.15, -0.1) is 5.10 Å². The van der Waals surface area contributed by atoms with Crippen molar-refractivity contribution in [3.8, 4) is 5.82 Å². The first-order valence-corrected chi connectivity index (χ1v) is 8.40. The zero-order chi connectivity index (χ0) is 17.9. The first kappa shape index (κ1) is 16.1. The lowest BCUT2D eigenvalue weighted by atomic mass is 10.1. The lowest BCUT2D eigenvalue weighted by molar-refractivity contribution is -0.141. The second-order valence-corrected chi connectivity index (χ2v) is 5.99. The maximum absolute atomic E-state index is 11.4. The van der Waals surface area contributed by atoms with Crippen LogP contribution in [0.2, 0.25) is 0 Å².